The minimum absolute atomic E-state index is 0.0660. The van der Waals surface area contributed by atoms with Gasteiger partial charge < -0.3 is 35.1 Å². The molecular formula is C19H14N2O9S. The zero-order valence-corrected chi connectivity index (χ0v) is 16.4. The lowest BCUT2D eigenvalue weighted by molar-refractivity contribution is -0.149. The molecule has 4 rings (SSSR count). The maximum atomic E-state index is 12.5. The van der Waals surface area contributed by atoms with Crippen LogP contribution in [0.15, 0.2) is 51.8 Å². The van der Waals surface area contributed by atoms with Crippen molar-refractivity contribution in [3.63, 3.8) is 0 Å². The first-order valence-corrected chi connectivity index (χ1v) is 9.60. The van der Waals surface area contributed by atoms with Crippen molar-refractivity contribution in [3.8, 4) is 11.5 Å². The van der Waals surface area contributed by atoms with E-state index in [1.54, 1.807) is 12.1 Å². The van der Waals surface area contributed by atoms with Gasteiger partial charge >= 0.3 is 17.8 Å². The Morgan fingerprint density at radius 2 is 1.90 bits per heavy atom. The van der Waals surface area contributed by atoms with Crippen LogP contribution in [0.1, 0.15) is 10.4 Å². The highest BCUT2D eigenvalue weighted by atomic mass is 32.2. The van der Waals surface area contributed by atoms with Crippen LogP contribution < -0.4 is 20.1 Å². The summed E-state index contributed by atoms with van der Waals surface area (Å²) >= 11 is 0.868. The largest absolute Gasteiger partial charge is 0.478 e. The Bertz CT molecular complexity index is 1110. The second kappa shape index (κ2) is 8.07. The molecule has 1 aromatic rings. The van der Waals surface area contributed by atoms with Crippen LogP contribution in [-0.4, -0.2) is 47.3 Å². The van der Waals surface area contributed by atoms with Gasteiger partial charge in [-0.1, -0.05) is 11.8 Å². The summed E-state index contributed by atoms with van der Waals surface area (Å²) in [6, 6.07) is 4.72. The fraction of sp³-hybridized carbons (Fsp3) is 0.158. The quantitative estimate of drug-likeness (QED) is 0.475. The third-order valence-electron chi connectivity index (χ3n) is 4.50. The molecule has 1 unspecified atom stereocenters. The predicted octanol–water partition coefficient (Wildman–Crippen LogP) is 0.761. The molecule has 0 aliphatic carbocycles. The Morgan fingerprint density at radius 3 is 2.65 bits per heavy atom. The summed E-state index contributed by atoms with van der Waals surface area (Å²) in [7, 11) is 0. The van der Waals surface area contributed by atoms with Crippen molar-refractivity contribution in [1.29, 1.82) is 0 Å². The van der Waals surface area contributed by atoms with Crippen molar-refractivity contribution < 1.29 is 43.6 Å². The molecule has 1 atom stereocenters. The number of nitrogens with one attached hydrogen (secondary N) is 2. The van der Waals surface area contributed by atoms with E-state index in [4.69, 9.17) is 19.3 Å². The molecule has 4 N–H and O–H groups in total. The molecule has 1 aromatic carbocycles. The predicted molar refractivity (Wildman–Crippen MR) is 104 cm³/mol. The maximum absolute atomic E-state index is 12.5. The van der Waals surface area contributed by atoms with E-state index in [1.165, 1.54) is 18.4 Å². The summed E-state index contributed by atoms with van der Waals surface area (Å²) in [5, 5.41) is 23.0. The van der Waals surface area contributed by atoms with Crippen LogP contribution in [0.2, 0.25) is 0 Å². The number of carbonyl (C=O) groups excluding carboxylic acids is 2. The molecule has 11 nitrogen and oxygen atoms in total. The normalized spacial score (nSPS) is 18.4. The lowest BCUT2D eigenvalue weighted by Gasteiger charge is -2.19. The molecule has 0 fully saturated rings. The summed E-state index contributed by atoms with van der Waals surface area (Å²) in [5.41, 5.74) is 0.143. The molecule has 12 heteroatoms. The van der Waals surface area contributed by atoms with Gasteiger partial charge in [0.05, 0.1) is 23.4 Å². The molecule has 0 saturated heterocycles. The van der Waals surface area contributed by atoms with Crippen LogP contribution in [0.4, 0.5) is 0 Å². The third kappa shape index (κ3) is 3.92. The highest BCUT2D eigenvalue weighted by molar-refractivity contribution is 8.07. The van der Waals surface area contributed by atoms with E-state index in [9.17, 15) is 24.3 Å². The summed E-state index contributed by atoms with van der Waals surface area (Å²) in [6.07, 6.45) is 2.75. The van der Waals surface area contributed by atoms with Crippen molar-refractivity contribution in [2.45, 2.75) is 0 Å². The highest BCUT2D eigenvalue weighted by Crippen LogP contribution is 2.48. The average molecular weight is 446 g/mol. The molecule has 0 aromatic heterocycles. The lowest BCUT2D eigenvalue weighted by Crippen LogP contribution is -2.30. The number of amides is 2. The first kappa shape index (κ1) is 20.3. The molecular weight excluding hydrogens is 432 g/mol. The van der Waals surface area contributed by atoms with Gasteiger partial charge in [-0.25, -0.2) is 9.59 Å². The maximum Gasteiger partial charge on any atom is 0.394 e. The number of benzene rings is 1. The van der Waals surface area contributed by atoms with E-state index in [2.05, 4.69) is 10.6 Å². The van der Waals surface area contributed by atoms with E-state index in [0.717, 1.165) is 11.8 Å². The Labute approximate surface area is 178 Å². The molecule has 3 aliphatic heterocycles. The van der Waals surface area contributed by atoms with Gasteiger partial charge in [-0.3, -0.25) is 9.59 Å². The fourth-order valence-corrected chi connectivity index (χ4v) is 4.33. The Balaban J connectivity index is 1.51. The van der Waals surface area contributed by atoms with Crippen LogP contribution in [-0.2, 0) is 19.1 Å². The fourth-order valence-electron chi connectivity index (χ4n) is 3.08. The lowest BCUT2D eigenvalue weighted by atomic mass is 9.97. The van der Waals surface area contributed by atoms with Crippen molar-refractivity contribution in [1.82, 2.24) is 10.6 Å². The van der Waals surface area contributed by atoms with Gasteiger partial charge in [-0.15, -0.1) is 0 Å². The standard InChI is InChI=1S/C19H14N2O9S/c22-15(8-1-2-10-11(5-8)30-7-29-10)20-6-12-14-9(3-4-28-12)13(18(24)25)17(31-14)21-16(23)19(26)27/h1-5,9H,6-7H2,(H,20,22)(H,21,23)(H,24,25)(H,26,27). The molecule has 3 heterocycles. The number of carboxylic acids is 2. The molecule has 3 aliphatic rings. The van der Waals surface area contributed by atoms with E-state index >= 15 is 0 Å². The number of hydrogen-bond donors (Lipinski definition) is 4. The topological polar surface area (TPSA) is 160 Å². The van der Waals surface area contributed by atoms with Crippen LogP contribution in [0.5, 0.6) is 11.5 Å². The molecule has 2 amide bonds. The first-order valence-electron chi connectivity index (χ1n) is 8.79. The van der Waals surface area contributed by atoms with Crippen molar-refractivity contribution in [2.24, 2.45) is 5.92 Å². The average Bonchev–Trinajstić information content (AvgIpc) is 3.35. The molecule has 0 spiro atoms. The third-order valence-corrected chi connectivity index (χ3v) is 5.73. The monoisotopic (exact) mass is 446 g/mol. The van der Waals surface area contributed by atoms with E-state index < -0.39 is 29.7 Å². The summed E-state index contributed by atoms with van der Waals surface area (Å²) in [6.45, 7) is 0.0125. The minimum atomic E-state index is -1.75. The highest BCUT2D eigenvalue weighted by Gasteiger charge is 2.39. The molecule has 0 bridgehead atoms. The van der Waals surface area contributed by atoms with Crippen LogP contribution >= 0.6 is 11.8 Å². The number of rotatable bonds is 5. The molecule has 0 saturated carbocycles. The Morgan fingerprint density at radius 1 is 1.13 bits per heavy atom. The SMILES string of the molecule is O=C(O)C(=O)NC1=C(C(=O)O)C2C=COC(CNC(=O)c3ccc4c(c3)OCO4)=C2S1. The number of hydrogen-bond acceptors (Lipinski definition) is 8. The number of aliphatic carboxylic acids is 2. The van der Waals surface area contributed by atoms with Gasteiger partial charge in [-0.05, 0) is 24.3 Å². The number of thioether (sulfide) groups is 1. The van der Waals surface area contributed by atoms with Crippen LogP contribution in [0.25, 0.3) is 0 Å². The second-order valence-electron chi connectivity index (χ2n) is 6.37. The van der Waals surface area contributed by atoms with Gasteiger partial charge in [0, 0.05) is 16.4 Å². The van der Waals surface area contributed by atoms with Crippen molar-refractivity contribution in [3.05, 3.63) is 57.4 Å². The number of carbonyl (C=O) groups is 4. The Kier molecular flexibility index (Phi) is 5.29. The smallest absolute Gasteiger partial charge is 0.394 e. The molecule has 0 radical (unpaired) electrons. The number of allylic oxidation sites excluding steroid dienone is 2. The summed E-state index contributed by atoms with van der Waals surface area (Å²) in [5.74, 6) is -4.34. The van der Waals surface area contributed by atoms with Crippen LogP contribution in [0.3, 0.4) is 0 Å². The second-order valence-corrected chi connectivity index (χ2v) is 7.42. The van der Waals surface area contributed by atoms with Crippen LogP contribution in [0, 0.1) is 5.92 Å². The van der Waals surface area contributed by atoms with E-state index in [0.29, 0.717) is 22.0 Å². The van der Waals surface area contributed by atoms with E-state index in [-0.39, 0.29) is 29.7 Å². The summed E-state index contributed by atoms with van der Waals surface area (Å²) in [4.78, 5) is 47.0. The van der Waals surface area contributed by atoms with Crippen molar-refractivity contribution in [2.75, 3.05) is 13.3 Å². The first-order chi connectivity index (χ1) is 14.8. The van der Waals surface area contributed by atoms with Crippen molar-refractivity contribution >= 4 is 35.5 Å². The number of ether oxygens (including phenoxy) is 3. The molecule has 31 heavy (non-hydrogen) atoms. The van der Waals surface area contributed by atoms with Gasteiger partial charge in [0.2, 0.25) is 6.79 Å². The number of fused-ring (bicyclic) bond motifs is 2. The van der Waals surface area contributed by atoms with Gasteiger partial charge in [0.25, 0.3) is 5.91 Å². The zero-order chi connectivity index (χ0) is 22.1. The number of carboxylic acid groups (broad SMARTS) is 2. The summed E-state index contributed by atoms with van der Waals surface area (Å²) < 4.78 is 15.9. The Hall–Kier alpha value is -3.93. The van der Waals surface area contributed by atoms with E-state index in [1.807, 2.05) is 0 Å². The van der Waals surface area contributed by atoms with Gasteiger partial charge in [-0.2, -0.15) is 0 Å². The van der Waals surface area contributed by atoms with Gasteiger partial charge in [0.15, 0.2) is 11.5 Å². The minimum Gasteiger partial charge on any atom is -0.478 e. The van der Waals surface area contributed by atoms with Gasteiger partial charge in [0.1, 0.15) is 5.76 Å². The zero-order valence-electron chi connectivity index (χ0n) is 15.5. The molecule has 160 valence electrons.